The minimum atomic E-state index is -0.568. The number of rotatable bonds is 7. The zero-order chi connectivity index (χ0) is 19.4. The maximum atomic E-state index is 12.9. The van der Waals surface area contributed by atoms with Gasteiger partial charge in [-0.15, -0.1) is 0 Å². The highest BCUT2D eigenvalue weighted by Gasteiger charge is 2.38. The third-order valence-electron chi connectivity index (χ3n) is 4.51. The van der Waals surface area contributed by atoms with Crippen molar-refractivity contribution in [2.24, 2.45) is 0 Å². The highest BCUT2D eigenvalue weighted by atomic mass is 32.2. The van der Waals surface area contributed by atoms with E-state index in [2.05, 4.69) is 43.6 Å². The largest absolute Gasteiger partial charge is 0.459 e. The maximum Gasteiger partial charge on any atom is 0.287 e. The summed E-state index contributed by atoms with van der Waals surface area (Å²) in [5, 5.41) is 9.58. The van der Waals surface area contributed by atoms with E-state index >= 15 is 0 Å². The summed E-state index contributed by atoms with van der Waals surface area (Å²) < 4.78 is 5.13. The van der Waals surface area contributed by atoms with E-state index in [4.69, 9.17) is 4.42 Å². The molecule has 0 unspecified atom stereocenters. The molecule has 0 saturated carbocycles. The number of hydrogen-bond donors (Lipinski definition) is 3. The van der Waals surface area contributed by atoms with Crippen LogP contribution in [0.1, 0.15) is 57.5 Å². The van der Waals surface area contributed by atoms with Crippen LogP contribution >= 0.6 is 11.8 Å². The number of carbonyl (C=O) groups excluding carboxylic acids is 2. The predicted molar refractivity (Wildman–Crippen MR) is 105 cm³/mol. The summed E-state index contributed by atoms with van der Waals surface area (Å²) in [6, 6.07) is 2.76. The number of nitrogens with one attached hydrogen (secondary N) is 3. The lowest BCUT2D eigenvalue weighted by molar-refractivity contribution is -0.124. The molecule has 0 aromatic carbocycles. The first-order chi connectivity index (χ1) is 12.1. The van der Waals surface area contributed by atoms with Gasteiger partial charge in [0.15, 0.2) is 5.76 Å². The van der Waals surface area contributed by atoms with Crippen LogP contribution in [0.4, 0.5) is 0 Å². The smallest absolute Gasteiger partial charge is 0.287 e. The van der Waals surface area contributed by atoms with Gasteiger partial charge in [0.1, 0.15) is 6.04 Å². The van der Waals surface area contributed by atoms with E-state index in [-0.39, 0.29) is 34.7 Å². The van der Waals surface area contributed by atoms with Gasteiger partial charge in [0.2, 0.25) is 5.91 Å². The van der Waals surface area contributed by atoms with Gasteiger partial charge in [-0.1, -0.05) is 0 Å². The molecule has 7 heteroatoms. The number of piperidine rings is 1. The van der Waals surface area contributed by atoms with Crippen molar-refractivity contribution in [2.45, 2.75) is 70.1 Å². The molecule has 0 aliphatic carbocycles. The molecule has 2 heterocycles. The fourth-order valence-electron chi connectivity index (χ4n) is 3.87. The molecule has 1 aliphatic rings. The van der Waals surface area contributed by atoms with Crippen LogP contribution in [0.3, 0.4) is 0 Å². The van der Waals surface area contributed by atoms with Crippen LogP contribution in [0.5, 0.6) is 0 Å². The molecule has 0 bridgehead atoms. The molecule has 0 spiro atoms. The van der Waals surface area contributed by atoms with Gasteiger partial charge in [0.25, 0.3) is 5.91 Å². The molecule has 1 fully saturated rings. The predicted octanol–water partition coefficient (Wildman–Crippen LogP) is 2.56. The zero-order valence-corrected chi connectivity index (χ0v) is 17.2. The Labute approximate surface area is 160 Å². The summed E-state index contributed by atoms with van der Waals surface area (Å²) in [5.41, 5.74) is -0.0994. The van der Waals surface area contributed by atoms with Crippen molar-refractivity contribution in [1.29, 1.82) is 0 Å². The number of amides is 2. The third-order valence-corrected chi connectivity index (χ3v) is 5.16. The quantitative estimate of drug-likeness (QED) is 0.676. The fourth-order valence-corrected chi connectivity index (χ4v) is 4.34. The summed E-state index contributed by atoms with van der Waals surface area (Å²) in [7, 11) is 0. The Morgan fingerprint density at radius 1 is 1.31 bits per heavy atom. The van der Waals surface area contributed by atoms with Gasteiger partial charge in [-0.3, -0.25) is 9.59 Å². The van der Waals surface area contributed by atoms with Gasteiger partial charge in [-0.05, 0) is 71.1 Å². The molecule has 0 radical (unpaired) electrons. The molecule has 1 saturated heterocycles. The first-order valence-electron chi connectivity index (χ1n) is 9.05. The van der Waals surface area contributed by atoms with Gasteiger partial charge in [-0.25, -0.2) is 0 Å². The summed E-state index contributed by atoms with van der Waals surface area (Å²) >= 11 is 1.65. The lowest BCUT2D eigenvalue weighted by atomic mass is 9.79. The van der Waals surface area contributed by atoms with Crippen LogP contribution in [-0.2, 0) is 4.79 Å². The molecule has 26 heavy (non-hydrogen) atoms. The molecule has 146 valence electrons. The number of carbonyl (C=O) groups is 2. The van der Waals surface area contributed by atoms with E-state index in [1.54, 1.807) is 23.9 Å². The van der Waals surface area contributed by atoms with Crippen LogP contribution in [0, 0.1) is 0 Å². The standard InChI is InChI=1S/C19H31N3O3S/c1-18(2)11-13(12-19(3,4)22-18)20-16(23)14(8-10-26-5)21-17(24)15-7-6-9-25-15/h6-7,9,13-14,22H,8,10-12H2,1-5H3,(H,20,23)(H,21,24)/t14-/m1/s1. The Bertz CT molecular complexity index is 598. The Morgan fingerprint density at radius 3 is 2.50 bits per heavy atom. The molecular weight excluding hydrogens is 350 g/mol. The van der Waals surface area contributed by atoms with Crippen LogP contribution in [-0.4, -0.2) is 47.0 Å². The highest BCUT2D eigenvalue weighted by molar-refractivity contribution is 7.98. The molecule has 2 amide bonds. The summed E-state index contributed by atoms with van der Waals surface area (Å²) in [6.45, 7) is 8.60. The minimum Gasteiger partial charge on any atom is -0.459 e. The topological polar surface area (TPSA) is 83.4 Å². The van der Waals surface area contributed by atoms with Crippen molar-refractivity contribution in [2.75, 3.05) is 12.0 Å². The molecule has 6 nitrogen and oxygen atoms in total. The van der Waals surface area contributed by atoms with E-state index in [0.717, 1.165) is 18.6 Å². The highest BCUT2D eigenvalue weighted by Crippen LogP contribution is 2.28. The van der Waals surface area contributed by atoms with E-state index in [9.17, 15) is 9.59 Å². The first kappa shape index (κ1) is 20.8. The average molecular weight is 382 g/mol. The van der Waals surface area contributed by atoms with Crippen molar-refractivity contribution in [3.63, 3.8) is 0 Å². The van der Waals surface area contributed by atoms with E-state index in [1.165, 1.54) is 6.26 Å². The van der Waals surface area contributed by atoms with Crippen LogP contribution in [0.25, 0.3) is 0 Å². The molecule has 1 aromatic rings. The van der Waals surface area contributed by atoms with Crippen LogP contribution in [0.2, 0.25) is 0 Å². The Kier molecular flexibility index (Phi) is 6.80. The number of hydrogen-bond acceptors (Lipinski definition) is 5. The Morgan fingerprint density at radius 2 is 1.96 bits per heavy atom. The molecule has 1 atom stereocenters. The minimum absolute atomic E-state index is 0.0497. The first-order valence-corrected chi connectivity index (χ1v) is 10.4. The van der Waals surface area contributed by atoms with Gasteiger partial charge in [0.05, 0.1) is 6.26 Å². The molecule has 1 aromatic heterocycles. The van der Waals surface area contributed by atoms with E-state index in [0.29, 0.717) is 6.42 Å². The third kappa shape index (κ3) is 6.06. The maximum absolute atomic E-state index is 12.9. The second-order valence-electron chi connectivity index (χ2n) is 8.29. The van der Waals surface area contributed by atoms with Crippen molar-refractivity contribution < 1.29 is 14.0 Å². The van der Waals surface area contributed by atoms with Crippen molar-refractivity contribution >= 4 is 23.6 Å². The lowest BCUT2D eigenvalue weighted by Gasteiger charge is -2.46. The average Bonchev–Trinajstić information content (AvgIpc) is 3.02. The normalized spacial score (nSPS) is 20.3. The Balaban J connectivity index is 2.02. The Hall–Kier alpha value is -1.47. The summed E-state index contributed by atoms with van der Waals surface area (Å²) in [4.78, 5) is 25.1. The monoisotopic (exact) mass is 381 g/mol. The van der Waals surface area contributed by atoms with E-state index < -0.39 is 6.04 Å². The molecule has 2 rings (SSSR count). The van der Waals surface area contributed by atoms with Crippen molar-refractivity contribution in [3.05, 3.63) is 24.2 Å². The number of furan rings is 1. The second kappa shape index (κ2) is 8.48. The van der Waals surface area contributed by atoms with Crippen LogP contribution < -0.4 is 16.0 Å². The lowest BCUT2D eigenvalue weighted by Crippen LogP contribution is -2.63. The SMILES string of the molecule is CSCC[C@@H](NC(=O)c1ccco1)C(=O)NC1CC(C)(C)NC(C)(C)C1. The van der Waals surface area contributed by atoms with Gasteiger partial charge >= 0.3 is 0 Å². The second-order valence-corrected chi connectivity index (χ2v) is 9.28. The molecule has 3 N–H and O–H groups in total. The summed E-state index contributed by atoms with van der Waals surface area (Å²) in [5.74, 6) is 0.524. The summed E-state index contributed by atoms with van der Waals surface area (Å²) in [6.07, 6.45) is 5.72. The van der Waals surface area contributed by atoms with Crippen molar-refractivity contribution in [3.8, 4) is 0 Å². The van der Waals surface area contributed by atoms with Gasteiger partial charge in [0, 0.05) is 17.1 Å². The zero-order valence-electron chi connectivity index (χ0n) is 16.3. The van der Waals surface area contributed by atoms with Crippen molar-refractivity contribution in [1.82, 2.24) is 16.0 Å². The van der Waals surface area contributed by atoms with Gasteiger partial charge < -0.3 is 20.4 Å². The van der Waals surface area contributed by atoms with E-state index in [1.807, 2.05) is 6.26 Å². The van der Waals surface area contributed by atoms with Gasteiger partial charge in [-0.2, -0.15) is 11.8 Å². The van der Waals surface area contributed by atoms with Crippen LogP contribution in [0.15, 0.2) is 22.8 Å². The number of thioether (sulfide) groups is 1. The molecular formula is C19H31N3O3S. The molecule has 1 aliphatic heterocycles. The fraction of sp³-hybridized carbons (Fsp3) is 0.684.